The van der Waals surface area contributed by atoms with E-state index in [4.69, 9.17) is 9.47 Å². The maximum absolute atomic E-state index is 12.0. The molecule has 1 aliphatic carbocycles. The number of rotatable bonds is 8. The number of nitrogens with one attached hydrogen (secondary N) is 1. The smallest absolute Gasteiger partial charge is 0.233 e. The second-order valence-corrected chi connectivity index (χ2v) is 6.89. The molecule has 0 atom stereocenters. The van der Waals surface area contributed by atoms with Crippen molar-refractivity contribution in [2.45, 2.75) is 38.5 Å². The average Bonchev–Trinajstić information content (AvgIpc) is 2.72. The highest BCUT2D eigenvalue weighted by Crippen LogP contribution is 2.26. The zero-order valence-electron chi connectivity index (χ0n) is 15.8. The van der Waals surface area contributed by atoms with Gasteiger partial charge in [0.25, 0.3) is 0 Å². The SMILES string of the molecule is COc1ccc(-c2ccc(OCCNC(=O)CC3CCCCC3)nn2)cc1. The summed E-state index contributed by atoms with van der Waals surface area (Å²) < 4.78 is 10.7. The topological polar surface area (TPSA) is 73.3 Å². The first-order valence-electron chi connectivity index (χ1n) is 9.62. The van der Waals surface area contributed by atoms with Crippen LogP contribution >= 0.6 is 0 Å². The lowest BCUT2D eigenvalue weighted by Gasteiger charge is -2.20. The summed E-state index contributed by atoms with van der Waals surface area (Å²) >= 11 is 0. The minimum absolute atomic E-state index is 0.117. The quantitative estimate of drug-likeness (QED) is 0.720. The monoisotopic (exact) mass is 369 g/mol. The van der Waals surface area contributed by atoms with Crippen LogP contribution in [0.15, 0.2) is 36.4 Å². The molecule has 0 saturated heterocycles. The van der Waals surface area contributed by atoms with Crippen molar-refractivity contribution in [3.63, 3.8) is 0 Å². The molecule has 1 aromatic carbocycles. The Morgan fingerprint density at radius 1 is 1.07 bits per heavy atom. The Balaban J connectivity index is 1.38. The van der Waals surface area contributed by atoms with Crippen LogP contribution in [0.25, 0.3) is 11.3 Å². The predicted molar refractivity (Wildman–Crippen MR) is 104 cm³/mol. The highest BCUT2D eigenvalue weighted by Gasteiger charge is 2.16. The van der Waals surface area contributed by atoms with Gasteiger partial charge in [0.2, 0.25) is 11.8 Å². The van der Waals surface area contributed by atoms with Gasteiger partial charge in [-0.25, -0.2) is 0 Å². The predicted octanol–water partition coefficient (Wildman–Crippen LogP) is 3.62. The number of aromatic nitrogens is 2. The number of nitrogens with zero attached hydrogens (tertiary/aromatic N) is 2. The third kappa shape index (κ3) is 5.94. The van der Waals surface area contributed by atoms with Crippen molar-refractivity contribution in [3.8, 4) is 22.9 Å². The minimum Gasteiger partial charge on any atom is -0.497 e. The highest BCUT2D eigenvalue weighted by atomic mass is 16.5. The van der Waals surface area contributed by atoms with Crippen molar-refractivity contribution in [2.24, 2.45) is 5.92 Å². The molecule has 3 rings (SSSR count). The fourth-order valence-corrected chi connectivity index (χ4v) is 3.38. The first kappa shape index (κ1) is 19.1. The van der Waals surface area contributed by atoms with E-state index in [0.29, 0.717) is 31.4 Å². The van der Waals surface area contributed by atoms with Crippen LogP contribution in [-0.4, -0.2) is 36.4 Å². The van der Waals surface area contributed by atoms with Gasteiger partial charge >= 0.3 is 0 Å². The van der Waals surface area contributed by atoms with Gasteiger partial charge in [0, 0.05) is 18.1 Å². The average molecular weight is 369 g/mol. The van der Waals surface area contributed by atoms with Crippen LogP contribution in [0.5, 0.6) is 11.6 Å². The molecule has 6 nitrogen and oxygen atoms in total. The molecule has 2 aromatic rings. The molecule has 0 aliphatic heterocycles. The Labute approximate surface area is 160 Å². The molecule has 1 aliphatic rings. The van der Waals surface area contributed by atoms with Crippen LogP contribution < -0.4 is 14.8 Å². The Morgan fingerprint density at radius 3 is 2.52 bits per heavy atom. The standard InChI is InChI=1S/C21H27N3O3/c1-26-18-9-7-17(8-10-18)19-11-12-21(24-23-19)27-14-13-22-20(25)15-16-5-3-2-4-6-16/h7-12,16H,2-6,13-15H2,1H3,(H,22,25). The van der Waals surface area contributed by atoms with Gasteiger partial charge in [-0.2, -0.15) is 0 Å². The third-order valence-corrected chi connectivity index (χ3v) is 4.90. The lowest BCUT2D eigenvalue weighted by atomic mass is 9.87. The first-order valence-corrected chi connectivity index (χ1v) is 9.62. The third-order valence-electron chi connectivity index (χ3n) is 4.90. The second-order valence-electron chi connectivity index (χ2n) is 6.89. The molecule has 1 amide bonds. The van der Waals surface area contributed by atoms with E-state index < -0.39 is 0 Å². The van der Waals surface area contributed by atoms with E-state index in [1.165, 1.54) is 32.1 Å². The highest BCUT2D eigenvalue weighted by molar-refractivity contribution is 5.76. The molecule has 1 aromatic heterocycles. The van der Waals surface area contributed by atoms with Gasteiger partial charge in [-0.15, -0.1) is 10.2 Å². The first-order chi connectivity index (χ1) is 13.2. The molecule has 0 spiro atoms. The summed E-state index contributed by atoms with van der Waals surface area (Å²) in [5.41, 5.74) is 1.73. The number of carbonyl (C=O) groups excluding carboxylic acids is 1. The van der Waals surface area contributed by atoms with E-state index in [0.717, 1.165) is 17.0 Å². The van der Waals surface area contributed by atoms with Gasteiger partial charge in [0.15, 0.2) is 0 Å². The van der Waals surface area contributed by atoms with E-state index in [1.54, 1.807) is 13.2 Å². The van der Waals surface area contributed by atoms with Crippen LogP contribution in [0.3, 0.4) is 0 Å². The Morgan fingerprint density at radius 2 is 1.85 bits per heavy atom. The minimum atomic E-state index is 0.117. The number of hydrogen-bond donors (Lipinski definition) is 1. The van der Waals surface area contributed by atoms with E-state index in [1.807, 2.05) is 30.3 Å². The molecule has 0 bridgehead atoms. The lowest BCUT2D eigenvalue weighted by Crippen LogP contribution is -2.30. The molecule has 6 heteroatoms. The summed E-state index contributed by atoms with van der Waals surface area (Å²) in [5, 5.41) is 11.2. The van der Waals surface area contributed by atoms with Crippen molar-refractivity contribution in [1.29, 1.82) is 0 Å². The van der Waals surface area contributed by atoms with Crippen molar-refractivity contribution in [2.75, 3.05) is 20.3 Å². The fraction of sp³-hybridized carbons (Fsp3) is 0.476. The molecule has 0 unspecified atom stereocenters. The van der Waals surface area contributed by atoms with Gasteiger partial charge in [-0.1, -0.05) is 19.3 Å². The zero-order valence-corrected chi connectivity index (χ0v) is 15.8. The number of hydrogen-bond acceptors (Lipinski definition) is 5. The molecule has 1 N–H and O–H groups in total. The van der Waals surface area contributed by atoms with Gasteiger partial charge < -0.3 is 14.8 Å². The van der Waals surface area contributed by atoms with Gasteiger partial charge in [-0.05, 0) is 49.1 Å². The normalized spacial score (nSPS) is 14.6. The summed E-state index contributed by atoms with van der Waals surface area (Å²) in [6.45, 7) is 0.862. The second kappa shape index (κ2) is 9.90. The van der Waals surface area contributed by atoms with Crippen molar-refractivity contribution < 1.29 is 14.3 Å². The molecule has 0 radical (unpaired) electrons. The molecule has 1 saturated carbocycles. The van der Waals surface area contributed by atoms with Crippen LogP contribution in [0, 0.1) is 5.92 Å². The van der Waals surface area contributed by atoms with Crippen LogP contribution in [0.1, 0.15) is 38.5 Å². The maximum Gasteiger partial charge on any atom is 0.233 e. The van der Waals surface area contributed by atoms with Crippen molar-refractivity contribution in [1.82, 2.24) is 15.5 Å². The summed E-state index contributed by atoms with van der Waals surface area (Å²) in [7, 11) is 1.64. The van der Waals surface area contributed by atoms with Crippen molar-refractivity contribution in [3.05, 3.63) is 36.4 Å². The lowest BCUT2D eigenvalue weighted by molar-refractivity contribution is -0.122. The number of amides is 1. The van der Waals surface area contributed by atoms with Crippen molar-refractivity contribution >= 4 is 5.91 Å². The van der Waals surface area contributed by atoms with Gasteiger partial charge in [0.1, 0.15) is 12.4 Å². The number of benzene rings is 1. The number of carbonyl (C=O) groups is 1. The molecule has 27 heavy (non-hydrogen) atoms. The zero-order chi connectivity index (χ0) is 18.9. The van der Waals surface area contributed by atoms with Crippen LogP contribution in [0.4, 0.5) is 0 Å². The Bertz CT molecular complexity index is 710. The van der Waals surface area contributed by atoms with Crippen LogP contribution in [-0.2, 0) is 4.79 Å². The van der Waals surface area contributed by atoms with Gasteiger partial charge in [0.05, 0.1) is 19.3 Å². The number of methoxy groups -OCH3 is 1. The van der Waals surface area contributed by atoms with Crippen LogP contribution in [0.2, 0.25) is 0 Å². The number of ether oxygens (including phenoxy) is 2. The Kier molecular flexibility index (Phi) is 7.02. The molecule has 1 heterocycles. The maximum atomic E-state index is 12.0. The van der Waals surface area contributed by atoms with E-state index >= 15 is 0 Å². The fourth-order valence-electron chi connectivity index (χ4n) is 3.38. The summed E-state index contributed by atoms with van der Waals surface area (Å²) in [5.74, 6) is 1.92. The summed E-state index contributed by atoms with van der Waals surface area (Å²) in [6.07, 6.45) is 6.82. The van der Waals surface area contributed by atoms with E-state index in [-0.39, 0.29) is 5.91 Å². The molecule has 1 fully saturated rings. The van der Waals surface area contributed by atoms with E-state index in [9.17, 15) is 4.79 Å². The van der Waals surface area contributed by atoms with Gasteiger partial charge in [-0.3, -0.25) is 4.79 Å². The molecule has 144 valence electrons. The summed E-state index contributed by atoms with van der Waals surface area (Å²) in [4.78, 5) is 12.0. The largest absolute Gasteiger partial charge is 0.497 e. The Hall–Kier alpha value is -2.63. The summed E-state index contributed by atoms with van der Waals surface area (Å²) in [6, 6.07) is 11.3. The van der Waals surface area contributed by atoms with E-state index in [2.05, 4.69) is 15.5 Å². The molecular formula is C21H27N3O3. The molecular weight excluding hydrogens is 342 g/mol.